The van der Waals surface area contributed by atoms with Gasteiger partial charge >= 0.3 is 30.1 Å². The lowest BCUT2D eigenvalue weighted by atomic mass is 9.82. The van der Waals surface area contributed by atoms with Crippen LogP contribution in [0.15, 0.2) is 24.3 Å². The number of ether oxygens (including phenoxy) is 3. The van der Waals surface area contributed by atoms with Crippen LogP contribution in [0.1, 0.15) is 59.1 Å². The number of rotatable bonds is 6. The maximum Gasteiger partial charge on any atom is 0.510 e. The first-order valence-electron chi connectivity index (χ1n) is 9.59. The average molecular weight is 472 g/mol. The minimum atomic E-state index is -6.37. The fraction of sp³-hybridized carbons (Fsp3) is 0.619. The summed E-state index contributed by atoms with van der Waals surface area (Å²) >= 11 is 0. The van der Waals surface area contributed by atoms with Crippen molar-refractivity contribution in [2.75, 3.05) is 0 Å². The highest BCUT2D eigenvalue weighted by atomic mass is 19.4. The highest BCUT2D eigenvalue weighted by Crippen LogP contribution is 2.47. The summed E-state index contributed by atoms with van der Waals surface area (Å²) in [7, 11) is 0. The molecule has 32 heavy (non-hydrogen) atoms. The zero-order chi connectivity index (χ0) is 25.2. The number of alkyl halides is 6. The lowest BCUT2D eigenvalue weighted by Crippen LogP contribution is -2.65. The Hall–Kier alpha value is -2.46. The van der Waals surface area contributed by atoms with Gasteiger partial charge in [0.15, 0.2) is 0 Å². The normalized spacial score (nSPS) is 13.5. The number of hydrogen-bond donors (Lipinski definition) is 0. The van der Waals surface area contributed by atoms with E-state index < -0.39 is 42.3 Å². The van der Waals surface area contributed by atoms with Crippen LogP contribution in [0.4, 0.5) is 31.1 Å². The molecule has 0 atom stereocenters. The van der Waals surface area contributed by atoms with Gasteiger partial charge in [0.25, 0.3) is 0 Å². The van der Waals surface area contributed by atoms with Crippen LogP contribution in [0, 0.1) is 0 Å². The molecule has 0 fully saturated rings. The molecule has 0 bridgehead atoms. The third kappa shape index (κ3) is 6.29. The predicted octanol–water partition coefficient (Wildman–Crippen LogP) is 6.23. The lowest BCUT2D eigenvalue weighted by Gasteiger charge is -2.34. The first-order valence-corrected chi connectivity index (χ1v) is 9.59. The van der Waals surface area contributed by atoms with E-state index in [4.69, 9.17) is 0 Å². The van der Waals surface area contributed by atoms with Crippen molar-refractivity contribution < 1.29 is 50.1 Å². The molecule has 0 amide bonds. The van der Waals surface area contributed by atoms with Crippen molar-refractivity contribution in [2.24, 2.45) is 0 Å². The third-order valence-corrected chi connectivity index (χ3v) is 4.70. The standard InChI is InChI=1S/C21H26F6O5/c1-7-18(5,6)14-10-8-13(9-11-14)12-30-15(28)19(20(22,23)24,21(25,26)27)32-16(29)31-17(2,3)4/h8-11H,7,12H2,1-6H3. The molecule has 0 heterocycles. The zero-order valence-electron chi connectivity index (χ0n) is 18.5. The van der Waals surface area contributed by atoms with E-state index in [0.29, 0.717) is 0 Å². The van der Waals surface area contributed by atoms with Crippen molar-refractivity contribution >= 4 is 12.1 Å². The first-order chi connectivity index (χ1) is 14.3. The van der Waals surface area contributed by atoms with Crippen LogP contribution >= 0.6 is 0 Å². The molecule has 0 aliphatic rings. The third-order valence-electron chi connectivity index (χ3n) is 4.70. The molecular formula is C21H26F6O5. The van der Waals surface area contributed by atoms with Gasteiger partial charge in [-0.1, -0.05) is 45.0 Å². The maximum absolute atomic E-state index is 13.5. The highest BCUT2D eigenvalue weighted by molar-refractivity contribution is 5.84. The molecule has 0 unspecified atom stereocenters. The van der Waals surface area contributed by atoms with E-state index >= 15 is 0 Å². The molecule has 1 aromatic carbocycles. The molecule has 182 valence electrons. The summed E-state index contributed by atoms with van der Waals surface area (Å²) in [4.78, 5) is 23.8. The molecular weight excluding hydrogens is 446 g/mol. The molecule has 0 N–H and O–H groups in total. The van der Waals surface area contributed by atoms with Crippen LogP contribution in [0.3, 0.4) is 0 Å². The van der Waals surface area contributed by atoms with Gasteiger partial charge in [-0.25, -0.2) is 9.59 Å². The largest absolute Gasteiger partial charge is 0.510 e. The highest BCUT2D eigenvalue weighted by Gasteiger charge is 2.81. The molecule has 0 aliphatic heterocycles. The molecule has 11 heteroatoms. The van der Waals surface area contributed by atoms with Crippen molar-refractivity contribution in [1.82, 2.24) is 0 Å². The maximum atomic E-state index is 13.5. The second kappa shape index (κ2) is 9.19. The van der Waals surface area contributed by atoms with E-state index in [1.54, 1.807) is 12.1 Å². The van der Waals surface area contributed by atoms with Gasteiger partial charge in [0.2, 0.25) is 0 Å². The minimum absolute atomic E-state index is 0.143. The van der Waals surface area contributed by atoms with Gasteiger partial charge in [-0.3, -0.25) is 0 Å². The van der Waals surface area contributed by atoms with Crippen molar-refractivity contribution in [3.8, 4) is 0 Å². The quantitative estimate of drug-likeness (QED) is 0.363. The van der Waals surface area contributed by atoms with Gasteiger partial charge in [-0.15, -0.1) is 0 Å². The van der Waals surface area contributed by atoms with E-state index in [-0.39, 0.29) is 11.0 Å². The number of benzene rings is 1. The van der Waals surface area contributed by atoms with E-state index in [9.17, 15) is 35.9 Å². The van der Waals surface area contributed by atoms with Crippen molar-refractivity contribution in [1.29, 1.82) is 0 Å². The molecule has 0 saturated carbocycles. The van der Waals surface area contributed by atoms with Crippen LogP contribution in [0.2, 0.25) is 0 Å². The van der Waals surface area contributed by atoms with Crippen molar-refractivity contribution in [2.45, 2.75) is 83.5 Å². The summed E-state index contributed by atoms with van der Waals surface area (Å²) in [5.41, 5.74) is -6.21. The molecule has 0 radical (unpaired) electrons. The second-order valence-corrected chi connectivity index (χ2v) is 8.75. The van der Waals surface area contributed by atoms with Crippen LogP contribution in [0.25, 0.3) is 0 Å². The zero-order valence-corrected chi connectivity index (χ0v) is 18.5. The molecule has 0 saturated heterocycles. The number of carbonyl (C=O) groups is 2. The predicted molar refractivity (Wildman–Crippen MR) is 102 cm³/mol. The fourth-order valence-electron chi connectivity index (χ4n) is 2.45. The second-order valence-electron chi connectivity index (χ2n) is 8.75. The number of carbonyl (C=O) groups excluding carboxylic acids is 2. The van der Waals surface area contributed by atoms with E-state index in [0.717, 1.165) is 12.0 Å². The Labute approximate surface area is 182 Å². The summed E-state index contributed by atoms with van der Waals surface area (Å²) < 4.78 is 93.3. The first kappa shape index (κ1) is 27.6. The average Bonchev–Trinajstić information content (AvgIpc) is 2.61. The van der Waals surface area contributed by atoms with Crippen LogP contribution < -0.4 is 0 Å². The van der Waals surface area contributed by atoms with Crippen LogP contribution in [-0.2, 0) is 31.0 Å². The summed E-state index contributed by atoms with van der Waals surface area (Å²) in [5, 5.41) is 0. The number of hydrogen-bond acceptors (Lipinski definition) is 5. The molecule has 1 rings (SSSR count). The Morgan fingerprint density at radius 2 is 1.28 bits per heavy atom. The van der Waals surface area contributed by atoms with Gasteiger partial charge < -0.3 is 14.2 Å². The summed E-state index contributed by atoms with van der Waals surface area (Å²) in [6.07, 6.45) is -14.3. The molecule has 0 aromatic heterocycles. The Balaban J connectivity index is 3.20. The van der Waals surface area contributed by atoms with Crippen LogP contribution in [0.5, 0.6) is 0 Å². The van der Waals surface area contributed by atoms with Gasteiger partial charge in [0.05, 0.1) is 0 Å². The van der Waals surface area contributed by atoms with Gasteiger partial charge in [-0.05, 0) is 43.7 Å². The molecule has 0 spiro atoms. The fourth-order valence-corrected chi connectivity index (χ4v) is 2.45. The van der Waals surface area contributed by atoms with Crippen molar-refractivity contribution in [3.05, 3.63) is 35.4 Å². The smallest absolute Gasteiger partial charge is 0.457 e. The molecule has 0 aliphatic carbocycles. The van der Waals surface area contributed by atoms with Crippen molar-refractivity contribution in [3.63, 3.8) is 0 Å². The van der Waals surface area contributed by atoms with Crippen LogP contribution in [-0.4, -0.2) is 35.7 Å². The minimum Gasteiger partial charge on any atom is -0.457 e. The number of halogens is 6. The van der Waals surface area contributed by atoms with E-state index in [1.807, 2.05) is 20.8 Å². The Morgan fingerprint density at radius 3 is 1.66 bits per heavy atom. The van der Waals surface area contributed by atoms with E-state index in [1.165, 1.54) is 32.9 Å². The Kier molecular flexibility index (Phi) is 7.92. The van der Waals surface area contributed by atoms with Gasteiger partial charge in [0.1, 0.15) is 12.2 Å². The Bertz CT molecular complexity index is 790. The summed E-state index contributed by atoms with van der Waals surface area (Å²) in [6, 6.07) is 6.09. The summed E-state index contributed by atoms with van der Waals surface area (Å²) in [5.74, 6) is -2.83. The topological polar surface area (TPSA) is 61.8 Å². The number of esters is 1. The lowest BCUT2D eigenvalue weighted by molar-refractivity contribution is -0.358. The molecule has 5 nitrogen and oxygen atoms in total. The SMILES string of the molecule is CCC(C)(C)c1ccc(COC(=O)C(OC(=O)OC(C)(C)C)(C(F)(F)F)C(F)(F)F)cc1. The van der Waals surface area contributed by atoms with E-state index in [2.05, 4.69) is 14.2 Å². The summed E-state index contributed by atoms with van der Waals surface area (Å²) in [6.45, 7) is 8.54. The van der Waals surface area contributed by atoms with Gasteiger partial charge in [0, 0.05) is 0 Å². The van der Waals surface area contributed by atoms with Gasteiger partial charge in [-0.2, -0.15) is 26.3 Å². The Morgan fingerprint density at radius 1 is 0.812 bits per heavy atom. The monoisotopic (exact) mass is 472 g/mol. The molecule has 1 aromatic rings.